The summed E-state index contributed by atoms with van der Waals surface area (Å²) in [5, 5.41) is 0.810. The molecule has 1 aromatic carbocycles. The fourth-order valence-electron chi connectivity index (χ4n) is 1.95. The first-order chi connectivity index (χ1) is 8.50. The van der Waals surface area contributed by atoms with Crippen molar-refractivity contribution in [3.05, 3.63) is 24.3 Å². The lowest BCUT2D eigenvalue weighted by Gasteiger charge is -2.33. The molecule has 4 nitrogen and oxygen atoms in total. The topological polar surface area (TPSA) is 46.6 Å². The molecule has 6 heteroatoms. The second kappa shape index (κ2) is 5.59. The van der Waals surface area contributed by atoms with Gasteiger partial charge in [-0.2, -0.15) is 0 Å². The van der Waals surface area contributed by atoms with Crippen LogP contribution >= 0.6 is 15.9 Å². The van der Waals surface area contributed by atoms with Gasteiger partial charge in [-0.1, -0.05) is 15.9 Å². The van der Waals surface area contributed by atoms with Crippen molar-refractivity contribution in [3.8, 4) is 0 Å². The average Bonchev–Trinajstić information content (AvgIpc) is 2.38. The van der Waals surface area contributed by atoms with E-state index >= 15 is 0 Å². The van der Waals surface area contributed by atoms with Crippen LogP contribution in [0.15, 0.2) is 29.2 Å². The lowest BCUT2D eigenvalue weighted by atomic mass is 10.2. The quantitative estimate of drug-likeness (QED) is 0.790. The molecule has 1 unspecified atom stereocenters. The van der Waals surface area contributed by atoms with Gasteiger partial charge in [0.15, 0.2) is 9.84 Å². The number of hydrogen-bond donors (Lipinski definition) is 0. The zero-order chi connectivity index (χ0) is 13.2. The molecule has 100 valence electrons. The number of ether oxygens (including phenoxy) is 1. The Kier molecular flexibility index (Phi) is 4.29. The molecular formula is C12H16BrNO3S. The van der Waals surface area contributed by atoms with E-state index in [1.807, 2.05) is 12.1 Å². The van der Waals surface area contributed by atoms with Gasteiger partial charge in [0.2, 0.25) is 0 Å². The fraction of sp³-hybridized carbons (Fsp3) is 0.500. The Labute approximate surface area is 116 Å². The molecule has 0 aliphatic carbocycles. The van der Waals surface area contributed by atoms with E-state index in [1.165, 1.54) is 6.26 Å². The molecular weight excluding hydrogens is 318 g/mol. The lowest BCUT2D eigenvalue weighted by Crippen LogP contribution is -2.43. The number of benzene rings is 1. The Hall–Kier alpha value is -0.590. The van der Waals surface area contributed by atoms with Crippen LogP contribution in [0.4, 0.5) is 5.69 Å². The molecule has 0 N–H and O–H groups in total. The normalized spacial score (nSPS) is 21.0. The third-order valence-electron chi connectivity index (χ3n) is 2.94. The monoisotopic (exact) mass is 333 g/mol. The highest BCUT2D eigenvalue weighted by Crippen LogP contribution is 2.20. The zero-order valence-corrected chi connectivity index (χ0v) is 12.6. The predicted molar refractivity (Wildman–Crippen MR) is 75.3 cm³/mol. The second-order valence-corrected chi connectivity index (χ2v) is 7.02. The van der Waals surface area contributed by atoms with Crippen molar-refractivity contribution in [2.24, 2.45) is 0 Å². The van der Waals surface area contributed by atoms with Crippen molar-refractivity contribution < 1.29 is 13.2 Å². The van der Waals surface area contributed by atoms with E-state index in [2.05, 4.69) is 20.8 Å². The number of rotatable bonds is 3. The van der Waals surface area contributed by atoms with Gasteiger partial charge >= 0.3 is 0 Å². The zero-order valence-electron chi connectivity index (χ0n) is 10.2. The third-order valence-corrected chi connectivity index (χ3v) is 4.79. The molecule has 0 amide bonds. The molecule has 1 fully saturated rings. The summed E-state index contributed by atoms with van der Waals surface area (Å²) in [5.74, 6) is 0. The van der Waals surface area contributed by atoms with Gasteiger partial charge < -0.3 is 9.64 Å². The summed E-state index contributed by atoms with van der Waals surface area (Å²) >= 11 is 3.42. The van der Waals surface area contributed by atoms with Crippen LogP contribution < -0.4 is 4.90 Å². The summed E-state index contributed by atoms with van der Waals surface area (Å²) in [6, 6.07) is 7.02. The average molecular weight is 334 g/mol. The summed E-state index contributed by atoms with van der Waals surface area (Å²) in [6.07, 6.45) is 1.41. The lowest BCUT2D eigenvalue weighted by molar-refractivity contribution is 0.0571. The minimum Gasteiger partial charge on any atom is -0.374 e. The van der Waals surface area contributed by atoms with Crippen LogP contribution in [-0.2, 0) is 14.6 Å². The number of alkyl halides is 1. The van der Waals surface area contributed by atoms with Crippen LogP contribution in [0, 0.1) is 0 Å². The van der Waals surface area contributed by atoms with Gasteiger partial charge in [-0.3, -0.25) is 0 Å². The van der Waals surface area contributed by atoms with Crippen LogP contribution in [0.2, 0.25) is 0 Å². The number of hydrogen-bond acceptors (Lipinski definition) is 4. The largest absolute Gasteiger partial charge is 0.374 e. The maximum Gasteiger partial charge on any atom is 0.175 e. The molecule has 0 aromatic heterocycles. The van der Waals surface area contributed by atoms with Crippen LogP contribution in [0.5, 0.6) is 0 Å². The Bertz CT molecular complexity index is 501. The van der Waals surface area contributed by atoms with E-state index in [0.717, 1.165) is 24.1 Å². The van der Waals surface area contributed by atoms with E-state index in [1.54, 1.807) is 12.1 Å². The number of nitrogens with zero attached hydrogens (tertiary/aromatic N) is 1. The molecule has 0 spiro atoms. The number of halogens is 1. The maximum atomic E-state index is 11.4. The molecule has 18 heavy (non-hydrogen) atoms. The summed E-state index contributed by atoms with van der Waals surface area (Å²) in [5.41, 5.74) is 1.04. The number of anilines is 1. The van der Waals surface area contributed by atoms with E-state index in [-0.39, 0.29) is 6.10 Å². The minimum atomic E-state index is -3.12. The van der Waals surface area contributed by atoms with Crippen LogP contribution in [0.3, 0.4) is 0 Å². The molecule has 1 heterocycles. The molecule has 1 saturated heterocycles. The van der Waals surface area contributed by atoms with Crippen molar-refractivity contribution in [2.45, 2.75) is 11.0 Å². The van der Waals surface area contributed by atoms with Gasteiger partial charge in [0.25, 0.3) is 0 Å². The molecule has 0 saturated carbocycles. The first kappa shape index (κ1) is 13.8. The molecule has 1 aromatic rings. The third kappa shape index (κ3) is 3.24. The Morgan fingerprint density at radius 3 is 2.61 bits per heavy atom. The van der Waals surface area contributed by atoms with Gasteiger partial charge in [0.1, 0.15) is 0 Å². The SMILES string of the molecule is CS(=O)(=O)c1ccc(N2CCOC(CBr)C2)cc1. The van der Waals surface area contributed by atoms with Crippen LogP contribution in [0.25, 0.3) is 0 Å². The van der Waals surface area contributed by atoms with Crippen molar-refractivity contribution in [2.75, 3.05) is 36.2 Å². The molecule has 0 bridgehead atoms. The molecule has 1 aliphatic rings. The van der Waals surface area contributed by atoms with Crippen LogP contribution in [0.1, 0.15) is 0 Å². The number of morpholine rings is 1. The first-order valence-corrected chi connectivity index (χ1v) is 8.74. The van der Waals surface area contributed by atoms with Gasteiger partial charge in [0, 0.05) is 30.4 Å². The van der Waals surface area contributed by atoms with Gasteiger partial charge in [0.05, 0.1) is 17.6 Å². The molecule has 0 radical (unpaired) electrons. The fourth-order valence-corrected chi connectivity index (χ4v) is 2.97. The van der Waals surface area contributed by atoms with Crippen molar-refractivity contribution in [1.82, 2.24) is 0 Å². The van der Waals surface area contributed by atoms with Gasteiger partial charge in [-0.05, 0) is 24.3 Å². The predicted octanol–water partition coefficient (Wildman–Crippen LogP) is 1.69. The standard InChI is InChI=1S/C12H16BrNO3S/c1-18(15,16)12-4-2-10(3-5-12)14-6-7-17-11(8-13)9-14/h2-5,11H,6-9H2,1H3. The smallest absolute Gasteiger partial charge is 0.175 e. The minimum absolute atomic E-state index is 0.188. The van der Waals surface area contributed by atoms with Gasteiger partial charge in [-0.25, -0.2) is 8.42 Å². The van der Waals surface area contributed by atoms with Crippen LogP contribution in [-0.4, -0.2) is 45.8 Å². The van der Waals surface area contributed by atoms with Crippen molar-refractivity contribution >= 4 is 31.5 Å². The highest BCUT2D eigenvalue weighted by atomic mass is 79.9. The van der Waals surface area contributed by atoms with E-state index < -0.39 is 9.84 Å². The second-order valence-electron chi connectivity index (χ2n) is 4.36. The Morgan fingerprint density at radius 2 is 2.06 bits per heavy atom. The van der Waals surface area contributed by atoms with Crippen molar-refractivity contribution in [1.29, 1.82) is 0 Å². The Morgan fingerprint density at radius 1 is 1.39 bits per heavy atom. The summed E-state index contributed by atoms with van der Waals surface area (Å²) in [4.78, 5) is 2.57. The maximum absolute atomic E-state index is 11.4. The highest BCUT2D eigenvalue weighted by Gasteiger charge is 2.19. The highest BCUT2D eigenvalue weighted by molar-refractivity contribution is 9.09. The van der Waals surface area contributed by atoms with Crippen molar-refractivity contribution in [3.63, 3.8) is 0 Å². The van der Waals surface area contributed by atoms with E-state index in [0.29, 0.717) is 11.5 Å². The molecule has 1 atom stereocenters. The Balaban J connectivity index is 2.14. The summed E-state index contributed by atoms with van der Waals surface area (Å²) in [7, 11) is -3.12. The summed E-state index contributed by atoms with van der Waals surface area (Å²) < 4.78 is 28.3. The van der Waals surface area contributed by atoms with Gasteiger partial charge in [-0.15, -0.1) is 0 Å². The first-order valence-electron chi connectivity index (χ1n) is 5.73. The summed E-state index contributed by atoms with van der Waals surface area (Å²) in [6.45, 7) is 2.36. The number of sulfone groups is 1. The van der Waals surface area contributed by atoms with E-state index in [9.17, 15) is 8.42 Å². The van der Waals surface area contributed by atoms with E-state index in [4.69, 9.17) is 4.74 Å². The molecule has 2 rings (SSSR count). The molecule has 1 aliphatic heterocycles.